The Morgan fingerprint density at radius 2 is 1.62 bits per heavy atom. The van der Waals surface area contributed by atoms with Gasteiger partial charge in [0.15, 0.2) is 12.2 Å². The molecule has 7 heteroatoms. The smallest absolute Gasteiger partial charge is 0.347 e. The van der Waals surface area contributed by atoms with Crippen LogP contribution in [0.5, 0.6) is 5.75 Å². The summed E-state index contributed by atoms with van der Waals surface area (Å²) in [6.45, 7) is 4.93. The Bertz CT molecular complexity index is 790. The molecule has 0 spiro atoms. The number of esters is 1. The van der Waals surface area contributed by atoms with Crippen molar-refractivity contribution in [3.63, 3.8) is 0 Å². The molecule has 0 saturated heterocycles. The van der Waals surface area contributed by atoms with Crippen LogP contribution in [0, 0.1) is 6.92 Å². The molecule has 0 aromatic heterocycles. The van der Waals surface area contributed by atoms with Gasteiger partial charge >= 0.3 is 5.97 Å². The molecule has 0 fully saturated rings. The lowest BCUT2D eigenvalue weighted by atomic mass is 10.2. The molecule has 0 aliphatic rings. The quantitative estimate of drug-likeness (QED) is 0.723. The van der Waals surface area contributed by atoms with Crippen LogP contribution in [-0.4, -0.2) is 24.1 Å². The number of carbonyl (C=O) groups is 2. The summed E-state index contributed by atoms with van der Waals surface area (Å²) in [6.07, 6.45) is -1.91. The van der Waals surface area contributed by atoms with E-state index in [0.29, 0.717) is 15.8 Å². The minimum atomic E-state index is -1.04. The Morgan fingerprint density at radius 1 is 1.00 bits per heavy atom. The standard InChI is InChI=1S/C19H19Cl2NO4/c1-11-6-4-7-14(10-11)25-13(3)19(24)26-12(2)18(23)22-17-15(20)8-5-9-16(17)21/h4-10,12-13H,1-3H3,(H,22,23)/t12-,13+/m0/s1. The molecule has 2 aromatic carbocycles. The Balaban J connectivity index is 1.94. The van der Waals surface area contributed by atoms with Gasteiger partial charge in [-0.15, -0.1) is 0 Å². The van der Waals surface area contributed by atoms with E-state index >= 15 is 0 Å². The first-order valence-corrected chi connectivity index (χ1v) is 8.72. The number of para-hydroxylation sites is 1. The monoisotopic (exact) mass is 395 g/mol. The fourth-order valence-electron chi connectivity index (χ4n) is 2.11. The summed E-state index contributed by atoms with van der Waals surface area (Å²) in [7, 11) is 0. The average Bonchev–Trinajstić information content (AvgIpc) is 2.58. The van der Waals surface area contributed by atoms with E-state index in [1.165, 1.54) is 6.92 Å². The van der Waals surface area contributed by atoms with Crippen LogP contribution in [0.4, 0.5) is 5.69 Å². The molecule has 0 heterocycles. The molecule has 26 heavy (non-hydrogen) atoms. The second-order valence-electron chi connectivity index (χ2n) is 5.74. The Kier molecular flexibility index (Phi) is 6.89. The summed E-state index contributed by atoms with van der Waals surface area (Å²) < 4.78 is 10.7. The molecule has 0 unspecified atom stereocenters. The lowest BCUT2D eigenvalue weighted by Gasteiger charge is -2.18. The first kappa shape index (κ1) is 20.1. The molecule has 2 atom stereocenters. The molecular formula is C19H19Cl2NO4. The van der Waals surface area contributed by atoms with Crippen LogP contribution in [0.2, 0.25) is 10.0 Å². The zero-order chi connectivity index (χ0) is 19.3. The highest BCUT2D eigenvalue weighted by Gasteiger charge is 2.24. The normalized spacial score (nSPS) is 12.8. The third kappa shape index (κ3) is 5.38. The topological polar surface area (TPSA) is 64.6 Å². The van der Waals surface area contributed by atoms with Gasteiger partial charge in [0.2, 0.25) is 0 Å². The largest absolute Gasteiger partial charge is 0.479 e. The van der Waals surface area contributed by atoms with Crippen LogP contribution >= 0.6 is 23.2 Å². The molecule has 0 aliphatic heterocycles. The third-order valence-electron chi connectivity index (χ3n) is 3.51. The van der Waals surface area contributed by atoms with Gasteiger partial charge in [-0.3, -0.25) is 4.79 Å². The summed E-state index contributed by atoms with van der Waals surface area (Å²) in [4.78, 5) is 24.4. The minimum Gasteiger partial charge on any atom is -0.479 e. The molecule has 1 amide bonds. The number of anilines is 1. The van der Waals surface area contributed by atoms with Gasteiger partial charge in [0.25, 0.3) is 5.91 Å². The maximum absolute atomic E-state index is 12.2. The fraction of sp³-hybridized carbons (Fsp3) is 0.263. The third-order valence-corrected chi connectivity index (χ3v) is 4.14. The maximum Gasteiger partial charge on any atom is 0.347 e. The molecule has 2 rings (SSSR count). The predicted molar refractivity (Wildman–Crippen MR) is 102 cm³/mol. The van der Waals surface area contributed by atoms with Gasteiger partial charge in [-0.25, -0.2) is 4.79 Å². The van der Waals surface area contributed by atoms with E-state index in [4.69, 9.17) is 32.7 Å². The van der Waals surface area contributed by atoms with Crippen LogP contribution in [0.15, 0.2) is 42.5 Å². The second-order valence-corrected chi connectivity index (χ2v) is 6.56. The van der Waals surface area contributed by atoms with Crippen molar-refractivity contribution in [3.8, 4) is 5.75 Å². The molecule has 5 nitrogen and oxygen atoms in total. The first-order chi connectivity index (χ1) is 12.3. The summed E-state index contributed by atoms with van der Waals surface area (Å²) >= 11 is 12.0. The Morgan fingerprint density at radius 3 is 2.23 bits per heavy atom. The average molecular weight is 396 g/mol. The number of carbonyl (C=O) groups excluding carboxylic acids is 2. The van der Waals surface area contributed by atoms with Crippen molar-refractivity contribution in [3.05, 3.63) is 58.1 Å². The first-order valence-electron chi connectivity index (χ1n) is 7.96. The number of aryl methyl sites for hydroxylation is 1. The van der Waals surface area contributed by atoms with Crippen molar-refractivity contribution in [2.75, 3.05) is 5.32 Å². The number of halogens is 2. The zero-order valence-electron chi connectivity index (χ0n) is 14.6. The number of hydrogen-bond acceptors (Lipinski definition) is 4. The van der Waals surface area contributed by atoms with Crippen LogP contribution in [-0.2, 0) is 14.3 Å². The lowest BCUT2D eigenvalue weighted by molar-refractivity contribution is -0.159. The zero-order valence-corrected chi connectivity index (χ0v) is 16.1. The lowest BCUT2D eigenvalue weighted by Crippen LogP contribution is -2.35. The van der Waals surface area contributed by atoms with Crippen LogP contribution in [0.25, 0.3) is 0 Å². The van der Waals surface area contributed by atoms with Crippen molar-refractivity contribution in [2.45, 2.75) is 33.0 Å². The molecule has 0 bridgehead atoms. The highest BCUT2D eigenvalue weighted by Crippen LogP contribution is 2.30. The van der Waals surface area contributed by atoms with Crippen LogP contribution < -0.4 is 10.1 Å². The Labute approximate surface area is 162 Å². The number of amides is 1. The molecule has 0 radical (unpaired) electrons. The highest BCUT2D eigenvalue weighted by molar-refractivity contribution is 6.39. The summed E-state index contributed by atoms with van der Waals surface area (Å²) in [5, 5.41) is 3.14. The van der Waals surface area contributed by atoms with Crippen molar-refractivity contribution in [1.29, 1.82) is 0 Å². The minimum absolute atomic E-state index is 0.271. The molecular weight excluding hydrogens is 377 g/mol. The van der Waals surface area contributed by atoms with Crippen LogP contribution in [0.3, 0.4) is 0 Å². The number of hydrogen-bond donors (Lipinski definition) is 1. The second kappa shape index (κ2) is 8.92. The summed E-state index contributed by atoms with van der Waals surface area (Å²) in [5.74, 6) is -0.648. The fourth-order valence-corrected chi connectivity index (χ4v) is 2.60. The van der Waals surface area contributed by atoms with E-state index in [9.17, 15) is 9.59 Å². The van der Waals surface area contributed by atoms with E-state index in [2.05, 4.69) is 5.32 Å². The van der Waals surface area contributed by atoms with Crippen molar-refractivity contribution in [2.24, 2.45) is 0 Å². The molecule has 138 valence electrons. The number of nitrogens with one attached hydrogen (secondary N) is 1. The van der Waals surface area contributed by atoms with Crippen molar-refractivity contribution >= 4 is 40.8 Å². The Hall–Kier alpha value is -2.24. The van der Waals surface area contributed by atoms with Gasteiger partial charge in [0, 0.05) is 0 Å². The van der Waals surface area contributed by atoms with Gasteiger partial charge in [-0.1, -0.05) is 41.4 Å². The van der Waals surface area contributed by atoms with Crippen molar-refractivity contribution < 1.29 is 19.1 Å². The highest BCUT2D eigenvalue weighted by atomic mass is 35.5. The number of benzene rings is 2. The molecule has 1 N–H and O–H groups in total. The number of ether oxygens (including phenoxy) is 2. The van der Waals surface area contributed by atoms with E-state index in [-0.39, 0.29) is 5.69 Å². The molecule has 2 aromatic rings. The van der Waals surface area contributed by atoms with Gasteiger partial charge < -0.3 is 14.8 Å². The van der Waals surface area contributed by atoms with Gasteiger partial charge in [-0.05, 0) is 50.6 Å². The summed E-state index contributed by atoms with van der Waals surface area (Å²) in [6, 6.07) is 12.1. The maximum atomic E-state index is 12.2. The van der Waals surface area contributed by atoms with E-state index < -0.39 is 24.1 Å². The van der Waals surface area contributed by atoms with E-state index in [1.54, 1.807) is 37.3 Å². The predicted octanol–water partition coefficient (Wildman–Crippen LogP) is 4.64. The van der Waals surface area contributed by atoms with Gasteiger partial charge in [0.1, 0.15) is 5.75 Å². The van der Waals surface area contributed by atoms with E-state index in [1.807, 2.05) is 19.1 Å². The van der Waals surface area contributed by atoms with Crippen molar-refractivity contribution in [1.82, 2.24) is 0 Å². The number of rotatable bonds is 6. The van der Waals surface area contributed by atoms with Gasteiger partial charge in [-0.2, -0.15) is 0 Å². The van der Waals surface area contributed by atoms with Crippen LogP contribution in [0.1, 0.15) is 19.4 Å². The summed E-state index contributed by atoms with van der Waals surface area (Å²) in [5.41, 5.74) is 1.28. The van der Waals surface area contributed by atoms with Gasteiger partial charge in [0.05, 0.1) is 15.7 Å². The molecule has 0 aliphatic carbocycles. The molecule has 0 saturated carbocycles. The SMILES string of the molecule is Cc1cccc(O[C@H](C)C(=O)O[C@@H](C)C(=O)Nc2c(Cl)cccc2Cl)c1. The van der Waals surface area contributed by atoms with E-state index in [0.717, 1.165) is 5.56 Å².